The third kappa shape index (κ3) is 4.61. The maximum Gasteiger partial charge on any atom is 0.319 e. The largest absolute Gasteiger partial charge is 0.337 e. The molecule has 0 spiro atoms. The molecule has 4 rings (SSSR count). The maximum absolute atomic E-state index is 12.1. The van der Waals surface area contributed by atoms with E-state index in [1.165, 1.54) is 0 Å². The number of anilines is 1. The van der Waals surface area contributed by atoms with Crippen LogP contribution in [0, 0.1) is 0 Å². The van der Waals surface area contributed by atoms with Crippen LogP contribution in [0.15, 0.2) is 53.2 Å². The van der Waals surface area contributed by atoms with E-state index in [0.717, 1.165) is 38.7 Å². The van der Waals surface area contributed by atoms with Crippen LogP contribution in [0.25, 0.3) is 32.2 Å². The lowest BCUT2D eigenvalue weighted by atomic mass is 10.2. The first-order valence-electron chi connectivity index (χ1n) is 9.19. The van der Waals surface area contributed by atoms with Crippen molar-refractivity contribution < 1.29 is 4.79 Å². The molecule has 6 nitrogen and oxygen atoms in total. The highest BCUT2D eigenvalue weighted by Gasteiger charge is 2.15. The minimum absolute atomic E-state index is 0.229. The van der Waals surface area contributed by atoms with E-state index in [4.69, 9.17) is 9.97 Å². The summed E-state index contributed by atoms with van der Waals surface area (Å²) in [6.45, 7) is 1.37. The molecule has 0 bridgehead atoms. The Hall–Kier alpha value is -2.81. The van der Waals surface area contributed by atoms with Gasteiger partial charge in [-0.2, -0.15) is 0 Å². The van der Waals surface area contributed by atoms with Gasteiger partial charge < -0.3 is 15.5 Å². The molecule has 0 radical (unpaired) electrons. The summed E-state index contributed by atoms with van der Waals surface area (Å²) in [5, 5.41) is 9.80. The SMILES string of the molecule is CN(C)CCNC(=O)Nc1ccc2nc(-c3cccs3)c(-c3cccs3)nc2c1. The number of urea groups is 1. The van der Waals surface area contributed by atoms with Crippen LogP contribution in [0.3, 0.4) is 0 Å². The minimum atomic E-state index is -0.229. The molecule has 3 heterocycles. The van der Waals surface area contributed by atoms with Gasteiger partial charge in [-0.15, -0.1) is 22.7 Å². The van der Waals surface area contributed by atoms with Crippen molar-refractivity contribution in [3.8, 4) is 21.1 Å². The Balaban J connectivity index is 1.65. The van der Waals surface area contributed by atoms with Crippen LogP contribution in [0.2, 0.25) is 0 Å². The van der Waals surface area contributed by atoms with Crippen LogP contribution in [0.1, 0.15) is 0 Å². The first kappa shape index (κ1) is 19.5. The monoisotopic (exact) mass is 423 g/mol. The third-order valence-corrected chi connectivity index (χ3v) is 6.03. The van der Waals surface area contributed by atoms with Gasteiger partial charge in [-0.05, 0) is 55.2 Å². The van der Waals surface area contributed by atoms with Gasteiger partial charge in [0, 0.05) is 18.8 Å². The molecule has 0 aliphatic rings. The number of fused-ring (bicyclic) bond motifs is 1. The van der Waals surface area contributed by atoms with E-state index in [2.05, 4.69) is 22.8 Å². The van der Waals surface area contributed by atoms with Crippen LogP contribution in [0.4, 0.5) is 10.5 Å². The Morgan fingerprint density at radius 2 is 1.62 bits per heavy atom. The van der Waals surface area contributed by atoms with Gasteiger partial charge in [0.1, 0.15) is 11.4 Å². The Morgan fingerprint density at radius 1 is 0.966 bits per heavy atom. The van der Waals surface area contributed by atoms with Crippen LogP contribution in [-0.4, -0.2) is 48.1 Å². The van der Waals surface area contributed by atoms with Crippen LogP contribution in [-0.2, 0) is 0 Å². The quantitative estimate of drug-likeness (QED) is 0.469. The number of likely N-dealkylation sites (N-methyl/N-ethyl adjacent to an activating group) is 1. The number of hydrogen-bond acceptors (Lipinski definition) is 6. The smallest absolute Gasteiger partial charge is 0.319 e. The van der Waals surface area contributed by atoms with Crippen molar-refractivity contribution >= 4 is 45.4 Å². The van der Waals surface area contributed by atoms with Crippen LogP contribution >= 0.6 is 22.7 Å². The van der Waals surface area contributed by atoms with Gasteiger partial charge in [-0.25, -0.2) is 14.8 Å². The van der Waals surface area contributed by atoms with Crippen molar-refractivity contribution in [3.05, 3.63) is 53.2 Å². The maximum atomic E-state index is 12.1. The fraction of sp³-hybridized carbons (Fsp3) is 0.190. The molecule has 148 valence electrons. The molecule has 1 aromatic carbocycles. The first-order valence-corrected chi connectivity index (χ1v) is 11.0. The lowest BCUT2D eigenvalue weighted by Crippen LogP contribution is -2.34. The second-order valence-corrected chi connectivity index (χ2v) is 8.66. The number of hydrogen-bond donors (Lipinski definition) is 2. The van der Waals surface area contributed by atoms with Crippen molar-refractivity contribution in [1.82, 2.24) is 20.2 Å². The number of carbonyl (C=O) groups is 1. The number of nitrogens with zero attached hydrogens (tertiary/aromatic N) is 3. The predicted octanol–water partition coefficient (Wildman–Crippen LogP) is 4.77. The Kier molecular flexibility index (Phi) is 5.84. The second kappa shape index (κ2) is 8.69. The average molecular weight is 424 g/mol. The van der Waals surface area contributed by atoms with E-state index in [-0.39, 0.29) is 6.03 Å². The highest BCUT2D eigenvalue weighted by atomic mass is 32.1. The van der Waals surface area contributed by atoms with E-state index in [0.29, 0.717) is 12.2 Å². The molecule has 0 atom stereocenters. The molecule has 2 amide bonds. The fourth-order valence-electron chi connectivity index (χ4n) is 2.87. The number of rotatable bonds is 6. The van der Waals surface area contributed by atoms with Gasteiger partial charge in [0.25, 0.3) is 0 Å². The zero-order chi connectivity index (χ0) is 20.2. The topological polar surface area (TPSA) is 70.2 Å². The molecule has 0 fully saturated rings. The van der Waals surface area contributed by atoms with Gasteiger partial charge in [-0.1, -0.05) is 12.1 Å². The van der Waals surface area contributed by atoms with Crippen molar-refractivity contribution in [2.24, 2.45) is 0 Å². The molecule has 4 aromatic rings. The summed E-state index contributed by atoms with van der Waals surface area (Å²) in [7, 11) is 3.94. The Morgan fingerprint density at radius 3 is 2.21 bits per heavy atom. The highest BCUT2D eigenvalue weighted by Crippen LogP contribution is 2.35. The van der Waals surface area contributed by atoms with Crippen molar-refractivity contribution in [3.63, 3.8) is 0 Å². The predicted molar refractivity (Wildman–Crippen MR) is 122 cm³/mol. The van der Waals surface area contributed by atoms with E-state index in [1.807, 2.05) is 60.1 Å². The number of carbonyl (C=O) groups excluding carboxylic acids is 1. The molecule has 3 aromatic heterocycles. The second-order valence-electron chi connectivity index (χ2n) is 6.76. The fourth-order valence-corrected chi connectivity index (χ4v) is 4.30. The standard InChI is InChI=1S/C21H21N5OS2/c1-26(2)10-9-22-21(27)23-14-7-8-15-16(13-14)25-20(18-6-4-12-29-18)19(24-15)17-5-3-11-28-17/h3-8,11-13H,9-10H2,1-2H3,(H2,22,23,27). The molecule has 0 unspecified atom stereocenters. The molecular formula is C21H21N5OS2. The van der Waals surface area contributed by atoms with E-state index >= 15 is 0 Å². The summed E-state index contributed by atoms with van der Waals surface area (Å²) < 4.78 is 0. The lowest BCUT2D eigenvalue weighted by Gasteiger charge is -2.12. The molecular weight excluding hydrogens is 402 g/mol. The Labute approximate surface area is 177 Å². The molecule has 2 N–H and O–H groups in total. The number of benzene rings is 1. The first-order chi connectivity index (χ1) is 14.1. The number of amides is 2. The van der Waals surface area contributed by atoms with Crippen molar-refractivity contribution in [2.75, 3.05) is 32.5 Å². The number of nitrogens with one attached hydrogen (secondary N) is 2. The van der Waals surface area contributed by atoms with Gasteiger partial charge in [0.15, 0.2) is 0 Å². The van der Waals surface area contributed by atoms with Gasteiger partial charge in [0.05, 0.1) is 20.8 Å². The molecule has 0 saturated heterocycles. The average Bonchev–Trinajstić information content (AvgIpc) is 3.40. The summed E-state index contributed by atoms with van der Waals surface area (Å²) in [6.07, 6.45) is 0. The van der Waals surface area contributed by atoms with Gasteiger partial charge in [-0.3, -0.25) is 0 Å². The normalized spacial score (nSPS) is 11.1. The summed E-state index contributed by atoms with van der Waals surface area (Å²) in [5.74, 6) is 0. The summed E-state index contributed by atoms with van der Waals surface area (Å²) in [4.78, 5) is 26.1. The van der Waals surface area contributed by atoms with E-state index in [1.54, 1.807) is 22.7 Å². The summed E-state index contributed by atoms with van der Waals surface area (Å²) >= 11 is 3.29. The van der Waals surface area contributed by atoms with Crippen LogP contribution < -0.4 is 10.6 Å². The molecule has 8 heteroatoms. The highest BCUT2D eigenvalue weighted by molar-refractivity contribution is 7.14. The van der Waals surface area contributed by atoms with Gasteiger partial charge in [0.2, 0.25) is 0 Å². The summed E-state index contributed by atoms with van der Waals surface area (Å²) in [6, 6.07) is 13.5. The molecule has 0 saturated carbocycles. The van der Waals surface area contributed by atoms with Crippen LogP contribution in [0.5, 0.6) is 0 Å². The zero-order valence-corrected chi connectivity index (χ0v) is 17.8. The number of thiophene rings is 2. The van der Waals surface area contributed by atoms with Gasteiger partial charge >= 0.3 is 6.03 Å². The van der Waals surface area contributed by atoms with E-state index in [9.17, 15) is 4.79 Å². The lowest BCUT2D eigenvalue weighted by molar-refractivity contribution is 0.250. The van der Waals surface area contributed by atoms with Crippen molar-refractivity contribution in [2.45, 2.75) is 0 Å². The van der Waals surface area contributed by atoms with Crippen molar-refractivity contribution in [1.29, 1.82) is 0 Å². The molecule has 0 aliphatic heterocycles. The molecule has 29 heavy (non-hydrogen) atoms. The minimum Gasteiger partial charge on any atom is -0.337 e. The third-order valence-electron chi connectivity index (χ3n) is 4.28. The molecule has 0 aliphatic carbocycles. The summed E-state index contributed by atoms with van der Waals surface area (Å²) in [5.41, 5.74) is 3.99. The number of aromatic nitrogens is 2. The Bertz CT molecular complexity index is 1110. The van der Waals surface area contributed by atoms with E-state index < -0.39 is 0 Å². The zero-order valence-electron chi connectivity index (χ0n) is 16.2.